The lowest BCUT2D eigenvalue weighted by Gasteiger charge is -2.15. The van der Waals surface area contributed by atoms with Gasteiger partial charge < -0.3 is 10.2 Å². The molecule has 0 aliphatic rings. The number of carbonyl (C=O) groups is 2. The van der Waals surface area contributed by atoms with Crippen molar-refractivity contribution in [2.24, 2.45) is 0 Å². The Morgan fingerprint density at radius 3 is 2.67 bits per heavy atom. The van der Waals surface area contributed by atoms with E-state index in [1.165, 1.54) is 29.4 Å². The summed E-state index contributed by atoms with van der Waals surface area (Å²) in [5.41, 5.74) is 0.822. The molecule has 0 spiro atoms. The highest BCUT2D eigenvalue weighted by Gasteiger charge is 2.17. The number of thiophene rings is 1. The summed E-state index contributed by atoms with van der Waals surface area (Å²) < 4.78 is 27.2. The molecular formula is C17H12BrF2N3O2S2. The summed E-state index contributed by atoms with van der Waals surface area (Å²) in [5.74, 6) is -2.57. The summed E-state index contributed by atoms with van der Waals surface area (Å²) in [6.07, 6.45) is 0. The molecule has 0 unspecified atom stereocenters. The van der Waals surface area contributed by atoms with Gasteiger partial charge >= 0.3 is 0 Å². The van der Waals surface area contributed by atoms with Gasteiger partial charge in [-0.1, -0.05) is 0 Å². The second-order valence-electron chi connectivity index (χ2n) is 5.48. The van der Waals surface area contributed by atoms with Crippen molar-refractivity contribution in [2.75, 3.05) is 18.9 Å². The van der Waals surface area contributed by atoms with E-state index < -0.39 is 17.5 Å². The summed E-state index contributed by atoms with van der Waals surface area (Å²) in [4.78, 5) is 30.4. The molecule has 0 radical (unpaired) electrons. The minimum atomic E-state index is -0.966. The third-order valence-corrected chi connectivity index (χ3v) is 5.85. The summed E-state index contributed by atoms with van der Waals surface area (Å²) in [5, 5.41) is 4.53. The first kappa shape index (κ1) is 19.6. The molecular weight excluding hydrogens is 460 g/mol. The second-order valence-corrected chi connectivity index (χ2v) is 8.80. The van der Waals surface area contributed by atoms with Crippen molar-refractivity contribution < 1.29 is 18.4 Å². The van der Waals surface area contributed by atoms with Crippen LogP contribution in [0.15, 0.2) is 39.5 Å². The normalized spacial score (nSPS) is 10.7. The molecule has 0 saturated heterocycles. The Morgan fingerprint density at radius 2 is 2.00 bits per heavy atom. The first-order valence-corrected chi connectivity index (χ1v) is 10.0. The number of amides is 2. The van der Waals surface area contributed by atoms with E-state index in [1.807, 2.05) is 0 Å². The zero-order chi connectivity index (χ0) is 19.6. The minimum Gasteiger partial charge on any atom is -0.332 e. The topological polar surface area (TPSA) is 62.3 Å². The number of carbonyl (C=O) groups excluding carboxylic acids is 2. The summed E-state index contributed by atoms with van der Waals surface area (Å²) in [7, 11) is 1.53. The van der Waals surface area contributed by atoms with Gasteiger partial charge in [0.2, 0.25) is 5.91 Å². The van der Waals surface area contributed by atoms with E-state index in [4.69, 9.17) is 0 Å². The number of thiazole rings is 1. The van der Waals surface area contributed by atoms with Gasteiger partial charge in [-0.05, 0) is 46.3 Å². The van der Waals surface area contributed by atoms with E-state index >= 15 is 0 Å². The predicted molar refractivity (Wildman–Crippen MR) is 105 cm³/mol. The number of aromatic nitrogens is 1. The van der Waals surface area contributed by atoms with E-state index in [-0.39, 0.29) is 12.5 Å². The zero-order valence-electron chi connectivity index (χ0n) is 13.8. The van der Waals surface area contributed by atoms with Crippen LogP contribution in [0.25, 0.3) is 11.3 Å². The Bertz CT molecular complexity index is 1010. The second kappa shape index (κ2) is 8.24. The number of anilines is 1. The molecule has 3 aromatic rings. The number of likely N-dealkylation sites (N-methyl/N-ethyl adjacent to an activating group) is 1. The fraction of sp³-hybridized carbons (Fsp3) is 0.118. The highest BCUT2D eigenvalue weighted by atomic mass is 79.9. The number of halogens is 3. The summed E-state index contributed by atoms with van der Waals surface area (Å²) in [6.45, 7) is -0.144. The van der Waals surface area contributed by atoms with Gasteiger partial charge in [0.15, 0.2) is 16.8 Å². The lowest BCUT2D eigenvalue weighted by atomic mass is 10.2. The third-order valence-electron chi connectivity index (χ3n) is 3.48. The lowest BCUT2D eigenvalue weighted by molar-refractivity contribution is -0.116. The fourth-order valence-corrected chi connectivity index (χ4v) is 4.30. The van der Waals surface area contributed by atoms with Crippen LogP contribution in [0.5, 0.6) is 0 Å². The van der Waals surface area contributed by atoms with Crippen LogP contribution in [0.3, 0.4) is 0 Å². The number of hydrogen-bond acceptors (Lipinski definition) is 5. The van der Waals surface area contributed by atoms with Gasteiger partial charge in [-0.15, -0.1) is 22.7 Å². The van der Waals surface area contributed by atoms with Crippen molar-refractivity contribution in [3.63, 3.8) is 0 Å². The van der Waals surface area contributed by atoms with Crippen LogP contribution in [-0.2, 0) is 4.79 Å². The fourth-order valence-electron chi connectivity index (χ4n) is 2.18. The zero-order valence-corrected chi connectivity index (χ0v) is 17.1. The average molecular weight is 472 g/mol. The minimum absolute atomic E-state index is 0.144. The van der Waals surface area contributed by atoms with Crippen molar-refractivity contribution in [1.82, 2.24) is 9.88 Å². The van der Waals surface area contributed by atoms with E-state index in [2.05, 4.69) is 26.2 Å². The first-order chi connectivity index (χ1) is 12.8. The Labute approximate surface area is 169 Å². The molecule has 140 valence electrons. The summed E-state index contributed by atoms with van der Waals surface area (Å²) in [6, 6.07) is 6.92. The highest BCUT2D eigenvalue weighted by molar-refractivity contribution is 9.11. The van der Waals surface area contributed by atoms with E-state index in [9.17, 15) is 18.4 Å². The number of benzene rings is 1. The largest absolute Gasteiger partial charge is 0.332 e. The van der Waals surface area contributed by atoms with Crippen LogP contribution in [0.4, 0.5) is 13.9 Å². The lowest BCUT2D eigenvalue weighted by Crippen LogP contribution is -2.34. The van der Waals surface area contributed by atoms with E-state index in [0.717, 1.165) is 27.3 Å². The van der Waals surface area contributed by atoms with E-state index in [1.54, 1.807) is 17.5 Å². The maximum absolute atomic E-state index is 13.3. The van der Waals surface area contributed by atoms with Crippen molar-refractivity contribution in [2.45, 2.75) is 0 Å². The molecule has 3 rings (SSSR count). The molecule has 27 heavy (non-hydrogen) atoms. The Hall–Kier alpha value is -2.17. The van der Waals surface area contributed by atoms with Gasteiger partial charge in [-0.2, -0.15) is 0 Å². The Kier molecular flexibility index (Phi) is 5.98. The standard InChI is InChI=1S/C17H12BrF2N3O2S2/c1-23(16(25)13-4-5-14(18)27-13)7-15(24)22-17-21-12(8-26-17)9-2-3-10(19)11(20)6-9/h2-6,8H,7H2,1H3,(H,21,22,24). The number of nitrogens with one attached hydrogen (secondary N) is 1. The van der Waals surface area contributed by atoms with Crippen molar-refractivity contribution in [1.29, 1.82) is 0 Å². The molecule has 0 aliphatic carbocycles. The van der Waals surface area contributed by atoms with Crippen molar-refractivity contribution in [3.05, 3.63) is 56.0 Å². The number of rotatable bonds is 5. The van der Waals surface area contributed by atoms with Gasteiger partial charge in [0.05, 0.1) is 20.9 Å². The molecule has 10 heteroatoms. The van der Waals surface area contributed by atoms with Crippen LogP contribution in [0.2, 0.25) is 0 Å². The molecule has 5 nitrogen and oxygen atoms in total. The molecule has 0 atom stereocenters. The van der Waals surface area contributed by atoms with Crippen LogP contribution in [0.1, 0.15) is 9.67 Å². The quantitative estimate of drug-likeness (QED) is 0.590. The van der Waals surface area contributed by atoms with Gasteiger partial charge in [0, 0.05) is 18.0 Å². The number of nitrogens with zero attached hydrogens (tertiary/aromatic N) is 2. The molecule has 0 aliphatic heterocycles. The molecule has 0 fully saturated rings. The van der Waals surface area contributed by atoms with Gasteiger partial charge in [-0.25, -0.2) is 13.8 Å². The third kappa shape index (κ3) is 4.76. The Morgan fingerprint density at radius 1 is 1.22 bits per heavy atom. The van der Waals surface area contributed by atoms with Gasteiger partial charge in [0.1, 0.15) is 0 Å². The smallest absolute Gasteiger partial charge is 0.264 e. The molecule has 0 bridgehead atoms. The monoisotopic (exact) mass is 471 g/mol. The molecule has 1 aromatic carbocycles. The number of hydrogen-bond donors (Lipinski definition) is 1. The summed E-state index contributed by atoms with van der Waals surface area (Å²) >= 11 is 5.73. The molecule has 2 heterocycles. The van der Waals surface area contributed by atoms with Crippen molar-refractivity contribution >= 4 is 55.5 Å². The average Bonchev–Trinajstić information content (AvgIpc) is 3.25. The van der Waals surface area contributed by atoms with Gasteiger partial charge in [-0.3, -0.25) is 9.59 Å². The predicted octanol–water partition coefficient (Wildman–Crippen LogP) is 4.62. The van der Waals surface area contributed by atoms with Crippen LogP contribution < -0.4 is 5.32 Å². The molecule has 2 aromatic heterocycles. The van der Waals surface area contributed by atoms with Gasteiger partial charge in [0.25, 0.3) is 5.91 Å². The molecule has 0 saturated carbocycles. The molecule has 2 amide bonds. The molecule has 1 N–H and O–H groups in total. The maximum Gasteiger partial charge on any atom is 0.264 e. The van der Waals surface area contributed by atoms with Crippen LogP contribution >= 0.6 is 38.6 Å². The highest BCUT2D eigenvalue weighted by Crippen LogP contribution is 2.26. The first-order valence-electron chi connectivity index (χ1n) is 7.55. The van der Waals surface area contributed by atoms with Crippen molar-refractivity contribution in [3.8, 4) is 11.3 Å². The van der Waals surface area contributed by atoms with E-state index in [0.29, 0.717) is 21.3 Å². The Balaban J connectivity index is 1.62. The van der Waals surface area contributed by atoms with Crippen LogP contribution in [-0.4, -0.2) is 35.3 Å². The SMILES string of the molecule is CN(CC(=O)Nc1nc(-c2ccc(F)c(F)c2)cs1)C(=O)c1ccc(Br)s1. The van der Waals surface area contributed by atoms with Crippen LogP contribution in [0, 0.1) is 11.6 Å². The maximum atomic E-state index is 13.3.